The van der Waals surface area contributed by atoms with Gasteiger partial charge in [-0.05, 0) is 29.3 Å². The van der Waals surface area contributed by atoms with Crippen molar-refractivity contribution in [2.24, 2.45) is 0 Å². The van der Waals surface area contributed by atoms with Gasteiger partial charge in [-0.3, -0.25) is 9.59 Å². The summed E-state index contributed by atoms with van der Waals surface area (Å²) >= 11 is 3.15. The summed E-state index contributed by atoms with van der Waals surface area (Å²) in [5.41, 5.74) is 3.68. The van der Waals surface area contributed by atoms with E-state index in [0.717, 1.165) is 22.5 Å². The minimum Gasteiger partial charge on any atom is -0.383 e. The zero-order valence-corrected chi connectivity index (χ0v) is 15.0. The molecule has 6 heteroatoms. The first kappa shape index (κ1) is 18.0. The molecular weight excluding hydrogens is 370 g/mol. The third kappa shape index (κ3) is 5.70. The molecule has 0 saturated heterocycles. The van der Waals surface area contributed by atoms with Crippen LogP contribution in [0.1, 0.15) is 6.92 Å². The summed E-state index contributed by atoms with van der Waals surface area (Å²) in [6, 6.07) is 15.8. The Bertz CT molecular complexity index is 705. The van der Waals surface area contributed by atoms with Crippen LogP contribution < -0.4 is 16.0 Å². The van der Waals surface area contributed by atoms with Gasteiger partial charge in [0.2, 0.25) is 11.8 Å². The molecule has 2 aromatic rings. The second kappa shape index (κ2) is 9.08. The molecule has 0 unspecified atom stereocenters. The van der Waals surface area contributed by atoms with Gasteiger partial charge in [0, 0.05) is 31.4 Å². The quantitative estimate of drug-likeness (QED) is 0.502. The lowest BCUT2D eigenvalue weighted by Gasteiger charge is -2.13. The maximum absolute atomic E-state index is 11.6. The molecule has 3 N–H and O–H groups in total. The lowest BCUT2D eigenvalue weighted by Crippen LogP contribution is -2.26. The van der Waals surface area contributed by atoms with Crippen molar-refractivity contribution in [3.63, 3.8) is 0 Å². The van der Waals surface area contributed by atoms with E-state index < -0.39 is 0 Å². The molecule has 2 amide bonds. The third-order valence-electron chi connectivity index (χ3n) is 3.27. The maximum Gasteiger partial charge on any atom is 0.235 e. The highest BCUT2D eigenvalue weighted by Gasteiger charge is 2.06. The summed E-state index contributed by atoms with van der Waals surface area (Å²) in [6.07, 6.45) is 0. The van der Waals surface area contributed by atoms with Crippen LogP contribution in [-0.2, 0) is 9.59 Å². The number of halogens is 1. The molecule has 2 aromatic carbocycles. The second-order valence-electron chi connectivity index (χ2n) is 5.26. The monoisotopic (exact) mass is 389 g/mol. The predicted octanol–water partition coefficient (Wildman–Crippen LogP) is 3.24. The van der Waals surface area contributed by atoms with Crippen molar-refractivity contribution in [1.29, 1.82) is 0 Å². The van der Waals surface area contributed by atoms with Gasteiger partial charge >= 0.3 is 0 Å². The van der Waals surface area contributed by atoms with E-state index in [2.05, 4.69) is 31.9 Å². The molecule has 0 fully saturated rings. The number of alkyl halides is 1. The van der Waals surface area contributed by atoms with E-state index in [4.69, 9.17) is 0 Å². The van der Waals surface area contributed by atoms with Gasteiger partial charge < -0.3 is 16.0 Å². The van der Waals surface area contributed by atoms with Crippen LogP contribution in [-0.4, -0.2) is 30.2 Å². The van der Waals surface area contributed by atoms with Gasteiger partial charge in [-0.1, -0.05) is 46.3 Å². The maximum atomic E-state index is 11.6. The van der Waals surface area contributed by atoms with E-state index in [-0.39, 0.29) is 17.1 Å². The highest BCUT2D eigenvalue weighted by molar-refractivity contribution is 9.09. The Morgan fingerprint density at radius 3 is 2.33 bits per heavy atom. The Kier molecular flexibility index (Phi) is 6.81. The number of carbonyl (C=O) groups is 2. The smallest absolute Gasteiger partial charge is 0.235 e. The number of amides is 2. The van der Waals surface area contributed by atoms with E-state index in [1.165, 1.54) is 6.92 Å². The molecule has 0 atom stereocenters. The van der Waals surface area contributed by atoms with Crippen molar-refractivity contribution < 1.29 is 9.59 Å². The van der Waals surface area contributed by atoms with Gasteiger partial charge in [0.25, 0.3) is 0 Å². The fourth-order valence-electron chi connectivity index (χ4n) is 2.24. The first-order chi connectivity index (χ1) is 11.6. The number of nitrogens with one attached hydrogen (secondary N) is 3. The number of hydrogen-bond acceptors (Lipinski definition) is 3. The first-order valence-electron chi connectivity index (χ1n) is 7.63. The number of benzene rings is 2. The summed E-state index contributed by atoms with van der Waals surface area (Å²) in [5, 5.41) is 9.10. The van der Waals surface area contributed by atoms with Crippen molar-refractivity contribution in [3.05, 3.63) is 48.5 Å². The zero-order chi connectivity index (χ0) is 17.4. The van der Waals surface area contributed by atoms with E-state index >= 15 is 0 Å². The Morgan fingerprint density at radius 2 is 1.67 bits per heavy atom. The lowest BCUT2D eigenvalue weighted by atomic mass is 10.0. The first-order valence-corrected chi connectivity index (χ1v) is 8.75. The van der Waals surface area contributed by atoms with Crippen LogP contribution in [0.5, 0.6) is 0 Å². The molecule has 24 heavy (non-hydrogen) atoms. The normalized spacial score (nSPS) is 10.1. The number of hydrogen-bond donors (Lipinski definition) is 3. The highest BCUT2D eigenvalue weighted by Crippen LogP contribution is 2.27. The molecule has 126 valence electrons. The van der Waals surface area contributed by atoms with Crippen LogP contribution in [0.2, 0.25) is 0 Å². The van der Waals surface area contributed by atoms with Crippen LogP contribution in [0.3, 0.4) is 0 Å². The molecular formula is C18H20BrN3O2. The van der Waals surface area contributed by atoms with E-state index in [1.54, 1.807) is 0 Å². The van der Waals surface area contributed by atoms with Gasteiger partial charge in [-0.15, -0.1) is 0 Å². The van der Waals surface area contributed by atoms with Gasteiger partial charge in [0.05, 0.1) is 5.33 Å². The van der Waals surface area contributed by atoms with Crippen molar-refractivity contribution >= 4 is 39.1 Å². The lowest BCUT2D eigenvalue weighted by molar-refractivity contribution is -0.119. The summed E-state index contributed by atoms with van der Waals surface area (Å²) in [4.78, 5) is 22.6. The number of rotatable bonds is 7. The van der Waals surface area contributed by atoms with Crippen molar-refractivity contribution in [1.82, 2.24) is 5.32 Å². The molecule has 0 aliphatic heterocycles. The van der Waals surface area contributed by atoms with E-state index in [1.807, 2.05) is 48.5 Å². The Balaban J connectivity index is 2.20. The van der Waals surface area contributed by atoms with E-state index in [0.29, 0.717) is 13.1 Å². The van der Waals surface area contributed by atoms with Gasteiger partial charge in [0.1, 0.15) is 0 Å². The van der Waals surface area contributed by atoms with Gasteiger partial charge in [0.15, 0.2) is 0 Å². The summed E-state index contributed by atoms with van der Waals surface area (Å²) in [7, 11) is 0. The van der Waals surface area contributed by atoms with Crippen LogP contribution in [0, 0.1) is 0 Å². The topological polar surface area (TPSA) is 70.2 Å². The van der Waals surface area contributed by atoms with Gasteiger partial charge in [-0.2, -0.15) is 0 Å². The molecule has 0 aromatic heterocycles. The fraction of sp³-hybridized carbons (Fsp3) is 0.222. The molecule has 5 nitrogen and oxygen atoms in total. The molecule has 2 rings (SSSR count). The largest absolute Gasteiger partial charge is 0.383 e. The average molecular weight is 390 g/mol. The Hall–Kier alpha value is -2.34. The average Bonchev–Trinajstić information content (AvgIpc) is 2.59. The molecule has 0 bridgehead atoms. The van der Waals surface area contributed by atoms with Crippen molar-refractivity contribution in [2.75, 3.05) is 29.1 Å². The Morgan fingerprint density at radius 1 is 0.958 bits per heavy atom. The van der Waals surface area contributed by atoms with Crippen molar-refractivity contribution in [2.45, 2.75) is 6.92 Å². The summed E-state index contributed by atoms with van der Waals surface area (Å²) in [6.45, 7) is 2.63. The SMILES string of the molecule is CC(=O)NCCNc1cc(NC(=O)CBr)cc(-c2ccccc2)c1. The summed E-state index contributed by atoms with van der Waals surface area (Å²) < 4.78 is 0. The molecule has 0 saturated carbocycles. The minimum atomic E-state index is -0.107. The van der Waals surface area contributed by atoms with Gasteiger partial charge in [-0.25, -0.2) is 0 Å². The minimum absolute atomic E-state index is 0.0555. The number of carbonyl (C=O) groups excluding carboxylic acids is 2. The number of anilines is 2. The molecule has 0 aliphatic rings. The molecule has 0 radical (unpaired) electrons. The Labute approximate surface area is 150 Å². The van der Waals surface area contributed by atoms with Crippen LogP contribution >= 0.6 is 15.9 Å². The molecule has 0 spiro atoms. The highest BCUT2D eigenvalue weighted by atomic mass is 79.9. The standard InChI is InChI=1S/C18H20BrN3O2/c1-13(23)20-7-8-21-16-9-15(14-5-3-2-4-6-14)10-17(11-16)22-18(24)12-19/h2-6,9-11,21H,7-8,12H2,1H3,(H,20,23)(H,22,24). The van der Waals surface area contributed by atoms with Crippen LogP contribution in [0.4, 0.5) is 11.4 Å². The summed E-state index contributed by atoms with van der Waals surface area (Å²) in [5.74, 6) is -0.162. The van der Waals surface area contributed by atoms with Crippen molar-refractivity contribution in [3.8, 4) is 11.1 Å². The van der Waals surface area contributed by atoms with Crippen LogP contribution in [0.25, 0.3) is 11.1 Å². The second-order valence-corrected chi connectivity index (χ2v) is 5.82. The molecule has 0 aliphatic carbocycles. The molecule has 0 heterocycles. The predicted molar refractivity (Wildman–Crippen MR) is 101 cm³/mol. The fourth-order valence-corrected chi connectivity index (χ4v) is 2.38. The zero-order valence-electron chi connectivity index (χ0n) is 13.4. The third-order valence-corrected chi connectivity index (χ3v) is 3.78. The van der Waals surface area contributed by atoms with E-state index in [9.17, 15) is 9.59 Å². The van der Waals surface area contributed by atoms with Crippen LogP contribution in [0.15, 0.2) is 48.5 Å².